The van der Waals surface area contributed by atoms with E-state index in [0.29, 0.717) is 0 Å². The molecule has 0 fully saturated rings. The van der Waals surface area contributed by atoms with E-state index in [-0.39, 0.29) is 11.3 Å². The number of hydrogen-bond donors (Lipinski definition) is 2. The molecular formula is C21H16N4O3. The van der Waals surface area contributed by atoms with Crippen molar-refractivity contribution in [3.63, 3.8) is 0 Å². The Kier molecular flexibility index (Phi) is 4.33. The molecule has 7 nitrogen and oxygen atoms in total. The molecule has 2 N–H and O–H groups in total. The van der Waals surface area contributed by atoms with Crippen LogP contribution in [-0.2, 0) is 0 Å². The molecule has 0 bridgehead atoms. The SMILES string of the molecule is Cc1ccc2nc3ccccc3c(NNC(=O)c3cccc([N+](=O)[O-])c3)c2c1. The number of nitrogens with zero attached hydrogens (tertiary/aromatic N) is 2. The summed E-state index contributed by atoms with van der Waals surface area (Å²) in [6, 6.07) is 19.1. The first kappa shape index (κ1) is 17.4. The van der Waals surface area contributed by atoms with Gasteiger partial charge in [-0.3, -0.25) is 25.8 Å². The number of nitro benzene ring substituents is 1. The molecule has 4 aromatic rings. The van der Waals surface area contributed by atoms with Crippen LogP contribution in [0.2, 0.25) is 0 Å². The Morgan fingerprint density at radius 3 is 2.57 bits per heavy atom. The van der Waals surface area contributed by atoms with Crippen molar-refractivity contribution in [1.82, 2.24) is 10.4 Å². The van der Waals surface area contributed by atoms with E-state index in [1.54, 1.807) is 0 Å². The normalized spacial score (nSPS) is 10.8. The van der Waals surface area contributed by atoms with Crippen molar-refractivity contribution in [3.8, 4) is 0 Å². The number of aromatic nitrogens is 1. The molecule has 1 heterocycles. The Bertz CT molecular complexity index is 1240. The van der Waals surface area contributed by atoms with Gasteiger partial charge in [0.25, 0.3) is 11.6 Å². The summed E-state index contributed by atoms with van der Waals surface area (Å²) >= 11 is 0. The Morgan fingerprint density at radius 1 is 0.964 bits per heavy atom. The second-order valence-electron chi connectivity index (χ2n) is 6.41. The zero-order chi connectivity index (χ0) is 19.7. The van der Waals surface area contributed by atoms with Gasteiger partial charge in [0.1, 0.15) is 0 Å². The van der Waals surface area contributed by atoms with Crippen LogP contribution in [0, 0.1) is 17.0 Å². The summed E-state index contributed by atoms with van der Waals surface area (Å²) in [4.78, 5) is 27.6. The van der Waals surface area contributed by atoms with Gasteiger partial charge in [-0.2, -0.15) is 0 Å². The minimum Gasteiger partial charge on any atom is -0.297 e. The molecule has 0 radical (unpaired) electrons. The van der Waals surface area contributed by atoms with Gasteiger partial charge in [-0.25, -0.2) is 4.98 Å². The fourth-order valence-corrected chi connectivity index (χ4v) is 3.09. The summed E-state index contributed by atoms with van der Waals surface area (Å²) < 4.78 is 0. The Hall–Kier alpha value is -4.00. The van der Waals surface area contributed by atoms with Crippen LogP contribution in [0.4, 0.5) is 11.4 Å². The number of aryl methyl sites for hydroxylation is 1. The summed E-state index contributed by atoms with van der Waals surface area (Å²) in [5.41, 5.74) is 9.09. The number of para-hydroxylation sites is 1. The Labute approximate surface area is 160 Å². The Balaban J connectivity index is 1.72. The largest absolute Gasteiger partial charge is 0.297 e. The molecule has 1 amide bonds. The number of nitro groups is 1. The maximum absolute atomic E-state index is 12.5. The van der Waals surface area contributed by atoms with Crippen molar-refractivity contribution in [2.75, 3.05) is 5.43 Å². The molecule has 1 aromatic heterocycles. The first-order chi connectivity index (χ1) is 13.5. The highest BCUT2D eigenvalue weighted by Crippen LogP contribution is 2.30. The summed E-state index contributed by atoms with van der Waals surface area (Å²) in [6.45, 7) is 1.99. The predicted octanol–water partition coefficient (Wildman–Crippen LogP) is 4.36. The fourth-order valence-electron chi connectivity index (χ4n) is 3.09. The van der Waals surface area contributed by atoms with Gasteiger partial charge in [0.15, 0.2) is 0 Å². The third-order valence-electron chi connectivity index (χ3n) is 4.46. The molecule has 0 saturated carbocycles. The molecule has 4 rings (SSSR count). The zero-order valence-electron chi connectivity index (χ0n) is 15.0. The van der Waals surface area contributed by atoms with Crippen LogP contribution < -0.4 is 10.9 Å². The van der Waals surface area contributed by atoms with Crippen LogP contribution in [0.25, 0.3) is 21.8 Å². The van der Waals surface area contributed by atoms with E-state index < -0.39 is 10.8 Å². The van der Waals surface area contributed by atoms with Gasteiger partial charge >= 0.3 is 0 Å². The lowest BCUT2D eigenvalue weighted by Gasteiger charge is -2.14. The highest BCUT2D eigenvalue weighted by atomic mass is 16.6. The number of amides is 1. The number of non-ortho nitro benzene ring substituents is 1. The van der Waals surface area contributed by atoms with Gasteiger partial charge in [-0.1, -0.05) is 35.9 Å². The third-order valence-corrected chi connectivity index (χ3v) is 4.46. The molecule has 0 aliphatic rings. The van der Waals surface area contributed by atoms with Crippen LogP contribution in [0.15, 0.2) is 66.7 Å². The number of carbonyl (C=O) groups is 1. The standard InChI is InChI=1S/C21H16N4O3/c1-13-9-10-19-17(11-13)20(16-7-2-3-8-18(16)22-19)23-24-21(26)14-5-4-6-15(12-14)25(27)28/h2-12H,1H3,(H,22,23)(H,24,26). The number of fused-ring (bicyclic) bond motifs is 2. The monoisotopic (exact) mass is 372 g/mol. The molecule has 0 aliphatic carbocycles. The van der Waals surface area contributed by atoms with Gasteiger partial charge in [0.05, 0.1) is 21.6 Å². The smallest absolute Gasteiger partial charge is 0.270 e. The molecule has 0 spiro atoms. The van der Waals surface area contributed by atoms with Crippen molar-refractivity contribution in [3.05, 3.63) is 88.0 Å². The summed E-state index contributed by atoms with van der Waals surface area (Å²) in [5.74, 6) is -0.467. The highest BCUT2D eigenvalue weighted by Gasteiger charge is 2.13. The van der Waals surface area contributed by atoms with E-state index >= 15 is 0 Å². The second-order valence-corrected chi connectivity index (χ2v) is 6.41. The number of pyridine rings is 1. The molecule has 7 heteroatoms. The van der Waals surface area contributed by atoms with E-state index in [1.165, 1.54) is 24.3 Å². The molecule has 0 aliphatic heterocycles. The highest BCUT2D eigenvalue weighted by molar-refractivity contribution is 6.08. The van der Waals surface area contributed by atoms with Gasteiger partial charge < -0.3 is 0 Å². The van der Waals surface area contributed by atoms with E-state index in [0.717, 1.165) is 33.1 Å². The predicted molar refractivity (Wildman–Crippen MR) is 108 cm³/mol. The maximum atomic E-state index is 12.5. The van der Waals surface area contributed by atoms with Gasteiger partial charge in [-0.15, -0.1) is 0 Å². The molecule has 0 atom stereocenters. The number of hydrogen-bond acceptors (Lipinski definition) is 5. The summed E-state index contributed by atoms with van der Waals surface area (Å²) in [5, 5.41) is 12.7. The van der Waals surface area contributed by atoms with E-state index in [2.05, 4.69) is 15.8 Å². The van der Waals surface area contributed by atoms with Crippen molar-refractivity contribution < 1.29 is 9.72 Å². The number of nitrogens with one attached hydrogen (secondary N) is 2. The van der Waals surface area contributed by atoms with Crippen LogP contribution in [0.3, 0.4) is 0 Å². The van der Waals surface area contributed by atoms with Crippen LogP contribution in [0.5, 0.6) is 0 Å². The first-order valence-corrected chi connectivity index (χ1v) is 8.63. The molecule has 0 unspecified atom stereocenters. The number of rotatable bonds is 4. The van der Waals surface area contributed by atoms with Crippen molar-refractivity contribution in [1.29, 1.82) is 0 Å². The number of benzene rings is 3. The molecule has 138 valence electrons. The van der Waals surface area contributed by atoms with Crippen LogP contribution in [-0.4, -0.2) is 15.8 Å². The quantitative estimate of drug-likeness (QED) is 0.315. The van der Waals surface area contributed by atoms with Gasteiger partial charge in [-0.05, 0) is 31.2 Å². The number of carbonyl (C=O) groups excluding carboxylic acids is 1. The van der Waals surface area contributed by atoms with Crippen LogP contribution >= 0.6 is 0 Å². The lowest BCUT2D eigenvalue weighted by Crippen LogP contribution is -2.29. The van der Waals surface area contributed by atoms with E-state index in [4.69, 9.17) is 0 Å². The van der Waals surface area contributed by atoms with E-state index in [1.807, 2.05) is 49.4 Å². The van der Waals surface area contributed by atoms with Crippen molar-refractivity contribution >= 4 is 39.1 Å². The minimum absolute atomic E-state index is 0.136. The first-order valence-electron chi connectivity index (χ1n) is 8.63. The molecular weight excluding hydrogens is 356 g/mol. The van der Waals surface area contributed by atoms with Crippen LogP contribution in [0.1, 0.15) is 15.9 Å². The maximum Gasteiger partial charge on any atom is 0.270 e. The number of hydrazine groups is 1. The lowest BCUT2D eigenvalue weighted by molar-refractivity contribution is -0.384. The second kappa shape index (κ2) is 6.96. The topological polar surface area (TPSA) is 97.2 Å². The Morgan fingerprint density at radius 2 is 1.75 bits per heavy atom. The average molecular weight is 372 g/mol. The molecule has 3 aromatic carbocycles. The fraction of sp³-hybridized carbons (Fsp3) is 0.0476. The minimum atomic E-state index is -0.531. The third kappa shape index (κ3) is 3.21. The van der Waals surface area contributed by atoms with Crippen molar-refractivity contribution in [2.45, 2.75) is 6.92 Å². The zero-order valence-corrected chi connectivity index (χ0v) is 15.0. The van der Waals surface area contributed by atoms with Crippen molar-refractivity contribution in [2.24, 2.45) is 0 Å². The lowest BCUT2D eigenvalue weighted by atomic mass is 10.1. The summed E-state index contributed by atoms with van der Waals surface area (Å²) in [7, 11) is 0. The van der Waals surface area contributed by atoms with E-state index in [9.17, 15) is 14.9 Å². The van der Waals surface area contributed by atoms with Gasteiger partial charge in [0, 0.05) is 28.5 Å². The average Bonchev–Trinajstić information content (AvgIpc) is 2.71. The van der Waals surface area contributed by atoms with Gasteiger partial charge in [0.2, 0.25) is 0 Å². The molecule has 0 saturated heterocycles. The number of anilines is 1. The summed E-state index contributed by atoms with van der Waals surface area (Å²) in [6.07, 6.45) is 0. The molecule has 28 heavy (non-hydrogen) atoms.